The van der Waals surface area contributed by atoms with Gasteiger partial charge in [-0.2, -0.15) is 0 Å². The first-order chi connectivity index (χ1) is 7.25. The van der Waals surface area contributed by atoms with Crippen LogP contribution in [0.4, 0.5) is 0 Å². The maximum Gasteiger partial charge on any atom is 0.0187 e. The van der Waals surface area contributed by atoms with E-state index in [-0.39, 0.29) is 0 Å². The van der Waals surface area contributed by atoms with Gasteiger partial charge < -0.3 is 0 Å². The molecule has 1 aromatic carbocycles. The van der Waals surface area contributed by atoms with E-state index in [1.165, 1.54) is 30.4 Å². The molecular weight excluding hydrogens is 180 g/mol. The number of fused-ring (bicyclic) bond motifs is 2. The molecular formula is C15H18. The Morgan fingerprint density at radius 2 is 2.00 bits per heavy atom. The average molecular weight is 198 g/mol. The second-order valence-corrected chi connectivity index (χ2v) is 5.23. The summed E-state index contributed by atoms with van der Waals surface area (Å²) in [4.78, 5) is 0. The number of allylic oxidation sites excluding steroid dienone is 1. The van der Waals surface area contributed by atoms with Crippen molar-refractivity contribution < 1.29 is 0 Å². The zero-order valence-corrected chi connectivity index (χ0v) is 9.37. The molecule has 0 aliphatic heterocycles. The van der Waals surface area contributed by atoms with E-state index in [2.05, 4.69) is 43.8 Å². The highest BCUT2D eigenvalue weighted by atomic mass is 14.6. The van der Waals surface area contributed by atoms with Crippen LogP contribution in [0.15, 0.2) is 42.5 Å². The molecule has 0 spiro atoms. The van der Waals surface area contributed by atoms with Gasteiger partial charge in [-0.05, 0) is 36.7 Å². The van der Waals surface area contributed by atoms with Crippen LogP contribution in [0.25, 0.3) is 0 Å². The largest absolute Gasteiger partial charge is 0.0989 e. The molecule has 0 heterocycles. The molecule has 3 unspecified atom stereocenters. The van der Waals surface area contributed by atoms with Gasteiger partial charge in [0.2, 0.25) is 0 Å². The minimum absolute atomic E-state index is 0.325. The predicted molar refractivity (Wildman–Crippen MR) is 63.8 cm³/mol. The fraction of sp³-hybridized carbons (Fsp3) is 0.467. The Labute approximate surface area is 92.0 Å². The maximum atomic E-state index is 4.34. The molecule has 3 atom stereocenters. The second-order valence-electron chi connectivity index (χ2n) is 5.23. The highest BCUT2D eigenvalue weighted by Gasteiger charge is 2.54. The number of benzene rings is 1. The van der Waals surface area contributed by atoms with Gasteiger partial charge in [0.1, 0.15) is 0 Å². The Morgan fingerprint density at radius 1 is 1.27 bits per heavy atom. The molecule has 0 amide bonds. The van der Waals surface area contributed by atoms with Crippen molar-refractivity contribution in [1.29, 1.82) is 0 Å². The van der Waals surface area contributed by atoms with Crippen molar-refractivity contribution in [1.82, 2.24) is 0 Å². The highest BCUT2D eigenvalue weighted by molar-refractivity contribution is 5.42. The van der Waals surface area contributed by atoms with Gasteiger partial charge in [0.05, 0.1) is 0 Å². The maximum absolute atomic E-state index is 4.34. The third-order valence-corrected chi connectivity index (χ3v) is 4.82. The molecule has 2 bridgehead atoms. The molecule has 15 heavy (non-hydrogen) atoms. The van der Waals surface area contributed by atoms with Gasteiger partial charge in [-0.15, -0.1) is 0 Å². The normalized spacial score (nSPS) is 38.6. The van der Waals surface area contributed by atoms with Crippen LogP contribution in [0.5, 0.6) is 0 Å². The lowest BCUT2D eigenvalue weighted by Crippen LogP contribution is -2.27. The fourth-order valence-corrected chi connectivity index (χ4v) is 3.92. The van der Waals surface area contributed by atoms with Crippen LogP contribution < -0.4 is 0 Å². The molecule has 2 aliphatic rings. The minimum atomic E-state index is 0.325. The van der Waals surface area contributed by atoms with Gasteiger partial charge in [0.25, 0.3) is 0 Å². The lowest BCUT2D eigenvalue weighted by molar-refractivity contribution is 0.405. The summed E-state index contributed by atoms with van der Waals surface area (Å²) in [7, 11) is 0. The third kappa shape index (κ3) is 1.03. The number of rotatable bonds is 1. The van der Waals surface area contributed by atoms with Crippen LogP contribution in [0, 0.1) is 11.8 Å². The smallest absolute Gasteiger partial charge is 0.0187 e. The molecule has 0 radical (unpaired) electrons. The van der Waals surface area contributed by atoms with E-state index in [0.717, 1.165) is 11.8 Å². The first-order valence-electron chi connectivity index (χ1n) is 5.99. The van der Waals surface area contributed by atoms with Crippen LogP contribution in [0.3, 0.4) is 0 Å². The van der Waals surface area contributed by atoms with Crippen LogP contribution >= 0.6 is 0 Å². The molecule has 0 saturated heterocycles. The Hall–Kier alpha value is -1.04. The number of hydrogen-bond donors (Lipinski definition) is 0. The minimum Gasteiger partial charge on any atom is -0.0989 e. The van der Waals surface area contributed by atoms with Crippen LogP contribution in [-0.4, -0.2) is 0 Å². The van der Waals surface area contributed by atoms with E-state index in [1.54, 1.807) is 0 Å². The van der Waals surface area contributed by atoms with Gasteiger partial charge in [0, 0.05) is 5.41 Å². The highest BCUT2D eigenvalue weighted by Crippen LogP contribution is 2.61. The van der Waals surface area contributed by atoms with Crippen molar-refractivity contribution in [3.05, 3.63) is 48.0 Å². The molecule has 78 valence electrons. The molecule has 2 fully saturated rings. The van der Waals surface area contributed by atoms with E-state index in [0.29, 0.717) is 5.41 Å². The predicted octanol–water partition coefficient (Wildman–Crippen LogP) is 3.93. The van der Waals surface area contributed by atoms with Crippen LogP contribution in [0.1, 0.15) is 31.7 Å². The number of hydrogen-bond acceptors (Lipinski definition) is 0. The summed E-state index contributed by atoms with van der Waals surface area (Å²) in [5, 5.41) is 0. The van der Waals surface area contributed by atoms with E-state index in [9.17, 15) is 0 Å². The standard InChI is InChI=1S/C15H18/c1-11-10-13-8-9-15(11,12(13)2)14-6-4-3-5-7-14/h3-7,12-13H,1,8-10H2,2H3. The molecule has 2 aliphatic carbocycles. The summed E-state index contributed by atoms with van der Waals surface area (Å²) in [6, 6.07) is 11.0. The van der Waals surface area contributed by atoms with Crippen molar-refractivity contribution in [3.63, 3.8) is 0 Å². The molecule has 0 N–H and O–H groups in total. The van der Waals surface area contributed by atoms with Gasteiger partial charge in [-0.25, -0.2) is 0 Å². The lowest BCUT2D eigenvalue weighted by Gasteiger charge is -2.32. The van der Waals surface area contributed by atoms with E-state index in [4.69, 9.17) is 0 Å². The van der Waals surface area contributed by atoms with Crippen LogP contribution in [-0.2, 0) is 5.41 Å². The van der Waals surface area contributed by atoms with Gasteiger partial charge in [0.15, 0.2) is 0 Å². The second kappa shape index (κ2) is 2.98. The molecule has 3 rings (SSSR count). The Bertz CT molecular complexity index is 390. The van der Waals surface area contributed by atoms with Crippen LogP contribution in [0.2, 0.25) is 0 Å². The molecule has 1 aromatic rings. The summed E-state index contributed by atoms with van der Waals surface area (Å²) < 4.78 is 0. The summed E-state index contributed by atoms with van der Waals surface area (Å²) in [5.41, 5.74) is 3.31. The van der Waals surface area contributed by atoms with E-state index in [1.807, 2.05) is 0 Å². The summed E-state index contributed by atoms with van der Waals surface area (Å²) in [6.45, 7) is 6.76. The molecule has 2 saturated carbocycles. The van der Waals surface area contributed by atoms with Gasteiger partial charge in [-0.3, -0.25) is 0 Å². The first-order valence-corrected chi connectivity index (χ1v) is 5.99. The summed E-state index contributed by atoms with van der Waals surface area (Å²) >= 11 is 0. The first kappa shape index (κ1) is 9.21. The average Bonchev–Trinajstić information content (AvgIpc) is 2.71. The van der Waals surface area contributed by atoms with E-state index >= 15 is 0 Å². The summed E-state index contributed by atoms with van der Waals surface area (Å²) in [6.07, 6.45) is 3.98. The third-order valence-electron chi connectivity index (χ3n) is 4.82. The Kier molecular flexibility index (Phi) is 1.83. The van der Waals surface area contributed by atoms with E-state index < -0.39 is 0 Å². The Balaban J connectivity index is 2.13. The zero-order valence-electron chi connectivity index (χ0n) is 9.37. The lowest BCUT2D eigenvalue weighted by atomic mass is 9.71. The molecule has 0 nitrogen and oxygen atoms in total. The molecule has 0 heteroatoms. The zero-order chi connectivity index (χ0) is 10.5. The Morgan fingerprint density at radius 3 is 2.53 bits per heavy atom. The van der Waals surface area contributed by atoms with Gasteiger partial charge in [-0.1, -0.05) is 49.4 Å². The quantitative estimate of drug-likeness (QED) is 0.600. The topological polar surface area (TPSA) is 0 Å². The SMILES string of the molecule is C=C1CC2CCC1(c1ccccc1)C2C. The van der Waals surface area contributed by atoms with Crippen molar-refractivity contribution in [2.45, 2.75) is 31.6 Å². The van der Waals surface area contributed by atoms with Crippen molar-refractivity contribution in [2.75, 3.05) is 0 Å². The molecule has 0 aromatic heterocycles. The van der Waals surface area contributed by atoms with Gasteiger partial charge >= 0.3 is 0 Å². The van der Waals surface area contributed by atoms with Crippen molar-refractivity contribution >= 4 is 0 Å². The van der Waals surface area contributed by atoms with Crippen molar-refractivity contribution in [2.24, 2.45) is 11.8 Å². The summed E-state index contributed by atoms with van der Waals surface area (Å²) in [5.74, 6) is 1.70. The van der Waals surface area contributed by atoms with Crippen molar-refractivity contribution in [3.8, 4) is 0 Å². The fourth-order valence-electron chi connectivity index (χ4n) is 3.92. The monoisotopic (exact) mass is 198 g/mol.